The Balaban J connectivity index is 1.53. The van der Waals surface area contributed by atoms with E-state index in [9.17, 15) is 0 Å². The number of hydrogen-bond acceptors (Lipinski definition) is 3. The van der Waals surface area contributed by atoms with Crippen LogP contribution in [0, 0.1) is 0 Å². The summed E-state index contributed by atoms with van der Waals surface area (Å²) in [6.45, 7) is 0.697. The molecule has 0 aliphatic carbocycles. The second-order valence-corrected chi connectivity index (χ2v) is 5.05. The molecule has 3 heteroatoms. The summed E-state index contributed by atoms with van der Waals surface area (Å²) in [6.07, 6.45) is 3.77. The van der Waals surface area contributed by atoms with E-state index in [1.165, 1.54) is 5.56 Å². The average molecular weight is 278 g/mol. The largest absolute Gasteiger partial charge is 0.494 e. The Kier molecular flexibility index (Phi) is 4.01. The van der Waals surface area contributed by atoms with Crippen molar-refractivity contribution in [1.29, 1.82) is 0 Å². The molecule has 0 fully saturated rings. The number of aromatic nitrogens is 1. The van der Waals surface area contributed by atoms with Gasteiger partial charge in [0.25, 0.3) is 0 Å². The molecule has 0 aliphatic rings. The first-order valence-electron chi connectivity index (χ1n) is 7.13. The third-order valence-corrected chi connectivity index (χ3v) is 3.44. The molecule has 2 aromatic carbocycles. The minimum Gasteiger partial charge on any atom is -0.494 e. The third kappa shape index (κ3) is 3.51. The highest BCUT2D eigenvalue weighted by molar-refractivity contribution is 5.79. The quantitative estimate of drug-likeness (QED) is 0.570. The van der Waals surface area contributed by atoms with Gasteiger partial charge in [-0.3, -0.25) is 4.98 Å². The molecule has 3 aromatic rings. The molecule has 1 aromatic heterocycles. The van der Waals surface area contributed by atoms with Crippen molar-refractivity contribution < 1.29 is 4.74 Å². The smallest absolute Gasteiger partial charge is 0.121 e. The van der Waals surface area contributed by atoms with E-state index in [1.54, 1.807) is 6.20 Å². The lowest BCUT2D eigenvalue weighted by Crippen LogP contribution is -1.99. The summed E-state index contributed by atoms with van der Waals surface area (Å²) in [5.74, 6) is 0.874. The molecule has 3 nitrogen and oxygen atoms in total. The summed E-state index contributed by atoms with van der Waals surface area (Å²) in [4.78, 5) is 4.33. The lowest BCUT2D eigenvalue weighted by molar-refractivity contribution is 0.311. The number of anilines is 1. The number of nitrogens with zero attached hydrogens (tertiary/aromatic N) is 1. The van der Waals surface area contributed by atoms with Gasteiger partial charge in [0.1, 0.15) is 5.75 Å². The van der Waals surface area contributed by atoms with Gasteiger partial charge in [-0.1, -0.05) is 18.2 Å². The van der Waals surface area contributed by atoms with Crippen LogP contribution < -0.4 is 10.5 Å². The number of pyridine rings is 1. The van der Waals surface area contributed by atoms with Gasteiger partial charge >= 0.3 is 0 Å². The molecule has 1 heterocycles. The number of nitrogens with two attached hydrogens (primary N) is 1. The third-order valence-electron chi connectivity index (χ3n) is 3.44. The Morgan fingerprint density at radius 1 is 1.00 bits per heavy atom. The van der Waals surface area contributed by atoms with E-state index in [0.717, 1.165) is 35.2 Å². The zero-order valence-corrected chi connectivity index (χ0v) is 11.8. The van der Waals surface area contributed by atoms with E-state index < -0.39 is 0 Å². The van der Waals surface area contributed by atoms with Crippen molar-refractivity contribution in [3.8, 4) is 5.75 Å². The molecule has 0 spiro atoms. The van der Waals surface area contributed by atoms with E-state index in [1.807, 2.05) is 42.5 Å². The zero-order chi connectivity index (χ0) is 14.5. The molecule has 0 bridgehead atoms. The van der Waals surface area contributed by atoms with E-state index in [4.69, 9.17) is 10.5 Å². The maximum absolute atomic E-state index is 5.79. The van der Waals surface area contributed by atoms with Gasteiger partial charge in [0.15, 0.2) is 0 Å². The number of fused-ring (bicyclic) bond motifs is 1. The molecular weight excluding hydrogens is 260 g/mol. The summed E-state index contributed by atoms with van der Waals surface area (Å²) < 4.78 is 5.79. The first-order chi connectivity index (χ1) is 10.3. The lowest BCUT2D eigenvalue weighted by atomic mass is 10.1. The summed E-state index contributed by atoms with van der Waals surface area (Å²) in [7, 11) is 0. The molecular formula is C18H18N2O. The molecule has 106 valence electrons. The van der Waals surface area contributed by atoms with Crippen molar-refractivity contribution in [3.05, 3.63) is 66.4 Å². The second kappa shape index (κ2) is 6.27. The number of rotatable bonds is 5. The first kappa shape index (κ1) is 13.4. The summed E-state index contributed by atoms with van der Waals surface area (Å²) >= 11 is 0. The summed E-state index contributed by atoms with van der Waals surface area (Å²) in [5, 5.41) is 1.13. The van der Waals surface area contributed by atoms with Gasteiger partial charge in [-0.25, -0.2) is 0 Å². The van der Waals surface area contributed by atoms with Gasteiger partial charge in [-0.05, 0) is 48.7 Å². The Bertz CT molecular complexity index is 723. The molecule has 0 amide bonds. The molecule has 0 aliphatic heterocycles. The fraction of sp³-hybridized carbons (Fsp3) is 0.167. The monoisotopic (exact) mass is 278 g/mol. The molecule has 3 rings (SSSR count). The molecule has 0 saturated heterocycles. The number of benzene rings is 2. The minimum absolute atomic E-state index is 0.697. The van der Waals surface area contributed by atoms with Crippen molar-refractivity contribution in [2.75, 3.05) is 12.3 Å². The van der Waals surface area contributed by atoms with Gasteiger partial charge in [0.05, 0.1) is 12.1 Å². The number of aryl methyl sites for hydroxylation is 1. The second-order valence-electron chi connectivity index (χ2n) is 5.05. The Morgan fingerprint density at radius 3 is 2.71 bits per heavy atom. The van der Waals surface area contributed by atoms with Crippen LogP contribution in [0.5, 0.6) is 5.75 Å². The van der Waals surface area contributed by atoms with Crippen LogP contribution in [0.3, 0.4) is 0 Å². The van der Waals surface area contributed by atoms with Crippen molar-refractivity contribution in [1.82, 2.24) is 4.98 Å². The van der Waals surface area contributed by atoms with E-state index >= 15 is 0 Å². The Labute approximate surface area is 124 Å². The maximum atomic E-state index is 5.79. The highest BCUT2D eigenvalue weighted by Crippen LogP contribution is 2.19. The highest BCUT2D eigenvalue weighted by Gasteiger charge is 1.99. The van der Waals surface area contributed by atoms with Crippen molar-refractivity contribution in [2.45, 2.75) is 12.8 Å². The molecule has 0 unspecified atom stereocenters. The zero-order valence-electron chi connectivity index (χ0n) is 11.8. The predicted molar refractivity (Wildman–Crippen MR) is 86.4 cm³/mol. The van der Waals surface area contributed by atoms with Crippen molar-refractivity contribution >= 4 is 16.6 Å². The van der Waals surface area contributed by atoms with Crippen LogP contribution in [-0.2, 0) is 6.42 Å². The van der Waals surface area contributed by atoms with Crippen LogP contribution in [0.15, 0.2) is 60.8 Å². The van der Waals surface area contributed by atoms with Crippen LogP contribution in [0.2, 0.25) is 0 Å². The van der Waals surface area contributed by atoms with Crippen LogP contribution >= 0.6 is 0 Å². The highest BCUT2D eigenvalue weighted by atomic mass is 16.5. The number of nitrogen functional groups attached to an aromatic ring is 1. The van der Waals surface area contributed by atoms with Crippen LogP contribution in [0.4, 0.5) is 5.69 Å². The topological polar surface area (TPSA) is 48.1 Å². The minimum atomic E-state index is 0.697. The van der Waals surface area contributed by atoms with Gasteiger partial charge in [0, 0.05) is 23.3 Å². The van der Waals surface area contributed by atoms with Gasteiger partial charge in [-0.15, -0.1) is 0 Å². The van der Waals surface area contributed by atoms with Crippen LogP contribution in [0.25, 0.3) is 10.9 Å². The first-order valence-corrected chi connectivity index (χ1v) is 7.13. The summed E-state index contributed by atoms with van der Waals surface area (Å²) in [6, 6.07) is 18.0. The lowest BCUT2D eigenvalue weighted by Gasteiger charge is -2.07. The van der Waals surface area contributed by atoms with Gasteiger partial charge < -0.3 is 10.5 Å². The fourth-order valence-corrected chi connectivity index (χ4v) is 2.29. The van der Waals surface area contributed by atoms with Gasteiger partial charge in [0.2, 0.25) is 0 Å². The fourth-order valence-electron chi connectivity index (χ4n) is 2.29. The van der Waals surface area contributed by atoms with Crippen LogP contribution in [-0.4, -0.2) is 11.6 Å². The van der Waals surface area contributed by atoms with E-state index in [-0.39, 0.29) is 0 Å². The standard InChI is InChI=1S/C18H18N2O/c19-16-8-5-14(6-9-16)3-2-12-21-17-10-7-15-4-1-11-20-18(15)13-17/h1,4-11,13H,2-3,12,19H2. The Hall–Kier alpha value is -2.55. The molecule has 0 radical (unpaired) electrons. The number of ether oxygens (including phenoxy) is 1. The maximum Gasteiger partial charge on any atom is 0.121 e. The normalized spacial score (nSPS) is 10.7. The van der Waals surface area contributed by atoms with Gasteiger partial charge in [-0.2, -0.15) is 0 Å². The Morgan fingerprint density at radius 2 is 1.86 bits per heavy atom. The molecule has 2 N–H and O–H groups in total. The average Bonchev–Trinajstić information content (AvgIpc) is 2.53. The van der Waals surface area contributed by atoms with Crippen molar-refractivity contribution in [3.63, 3.8) is 0 Å². The molecule has 0 atom stereocenters. The van der Waals surface area contributed by atoms with Crippen LogP contribution in [0.1, 0.15) is 12.0 Å². The SMILES string of the molecule is Nc1ccc(CCCOc2ccc3cccnc3c2)cc1. The molecule has 0 saturated carbocycles. The van der Waals surface area contributed by atoms with E-state index in [0.29, 0.717) is 6.61 Å². The number of hydrogen-bond donors (Lipinski definition) is 1. The summed E-state index contributed by atoms with van der Waals surface area (Å²) in [5.41, 5.74) is 8.73. The predicted octanol–water partition coefficient (Wildman–Crippen LogP) is 3.83. The van der Waals surface area contributed by atoms with E-state index in [2.05, 4.69) is 17.1 Å². The van der Waals surface area contributed by atoms with Crippen molar-refractivity contribution in [2.24, 2.45) is 0 Å². The molecule has 21 heavy (non-hydrogen) atoms.